The SMILES string of the molecule is COc1ccc(C(=O)NCCNC(=O)[C@@H](CC(=O)O)NC=O)cc1. The van der Waals surface area contributed by atoms with Gasteiger partial charge in [0.05, 0.1) is 13.5 Å². The monoisotopic (exact) mass is 337 g/mol. The second-order valence-corrected chi connectivity index (χ2v) is 4.71. The molecule has 1 aromatic carbocycles. The normalized spacial score (nSPS) is 11.0. The predicted molar refractivity (Wildman–Crippen MR) is 83.6 cm³/mol. The van der Waals surface area contributed by atoms with Gasteiger partial charge in [-0.25, -0.2) is 0 Å². The van der Waals surface area contributed by atoms with Crippen molar-refractivity contribution in [1.29, 1.82) is 0 Å². The van der Waals surface area contributed by atoms with E-state index in [9.17, 15) is 19.2 Å². The number of nitrogens with one attached hydrogen (secondary N) is 3. The molecule has 1 aromatic rings. The van der Waals surface area contributed by atoms with E-state index < -0.39 is 24.3 Å². The molecule has 0 saturated heterocycles. The zero-order chi connectivity index (χ0) is 17.9. The van der Waals surface area contributed by atoms with Crippen molar-refractivity contribution in [2.24, 2.45) is 0 Å². The lowest BCUT2D eigenvalue weighted by molar-refractivity contribution is -0.140. The van der Waals surface area contributed by atoms with E-state index in [0.717, 1.165) is 0 Å². The van der Waals surface area contributed by atoms with E-state index >= 15 is 0 Å². The molecule has 4 N–H and O–H groups in total. The summed E-state index contributed by atoms with van der Waals surface area (Å²) in [6.07, 6.45) is -0.262. The summed E-state index contributed by atoms with van der Waals surface area (Å²) >= 11 is 0. The van der Waals surface area contributed by atoms with Gasteiger partial charge in [-0.3, -0.25) is 19.2 Å². The van der Waals surface area contributed by atoms with Gasteiger partial charge in [-0.2, -0.15) is 0 Å². The Balaban J connectivity index is 2.37. The summed E-state index contributed by atoms with van der Waals surface area (Å²) in [7, 11) is 1.52. The van der Waals surface area contributed by atoms with Crippen LogP contribution >= 0.6 is 0 Å². The van der Waals surface area contributed by atoms with E-state index in [2.05, 4.69) is 16.0 Å². The van der Waals surface area contributed by atoms with E-state index in [1.165, 1.54) is 7.11 Å². The second-order valence-electron chi connectivity index (χ2n) is 4.71. The standard InChI is InChI=1S/C15H19N3O6/c1-24-11-4-2-10(3-5-11)14(22)16-6-7-17-15(23)12(18-9-19)8-13(20)21/h2-5,9,12H,6-8H2,1H3,(H,16,22)(H,17,23)(H,18,19)(H,20,21)/t12-/m1/s1. The van der Waals surface area contributed by atoms with Gasteiger partial charge in [-0.15, -0.1) is 0 Å². The van der Waals surface area contributed by atoms with Crippen LogP contribution in [0.3, 0.4) is 0 Å². The number of aliphatic carboxylic acids is 1. The number of rotatable bonds is 10. The van der Waals surface area contributed by atoms with Crippen LogP contribution < -0.4 is 20.7 Å². The molecule has 0 heterocycles. The Morgan fingerprint density at radius 2 is 1.79 bits per heavy atom. The van der Waals surface area contributed by atoms with Crippen LogP contribution in [0.5, 0.6) is 5.75 Å². The number of carbonyl (C=O) groups excluding carboxylic acids is 3. The summed E-state index contributed by atoms with van der Waals surface area (Å²) in [6, 6.07) is 5.35. The first-order chi connectivity index (χ1) is 11.5. The zero-order valence-electron chi connectivity index (χ0n) is 13.1. The van der Waals surface area contributed by atoms with E-state index in [4.69, 9.17) is 9.84 Å². The maximum atomic E-state index is 11.9. The number of amides is 3. The van der Waals surface area contributed by atoms with Gasteiger partial charge in [0.2, 0.25) is 12.3 Å². The molecule has 130 valence electrons. The topological polar surface area (TPSA) is 134 Å². The number of carbonyl (C=O) groups is 4. The average Bonchev–Trinajstić information content (AvgIpc) is 2.57. The minimum atomic E-state index is -1.21. The van der Waals surface area contributed by atoms with Crippen LogP contribution in [-0.4, -0.2) is 55.5 Å². The third-order valence-electron chi connectivity index (χ3n) is 3.03. The number of benzene rings is 1. The Morgan fingerprint density at radius 1 is 1.17 bits per heavy atom. The summed E-state index contributed by atoms with van der Waals surface area (Å²) < 4.78 is 4.99. The molecule has 0 saturated carbocycles. The van der Waals surface area contributed by atoms with Gasteiger partial charge in [0.15, 0.2) is 0 Å². The molecule has 0 aromatic heterocycles. The van der Waals surface area contributed by atoms with Crippen molar-refractivity contribution in [2.45, 2.75) is 12.5 Å². The molecule has 1 atom stereocenters. The molecule has 0 unspecified atom stereocenters. The average molecular weight is 337 g/mol. The van der Waals surface area contributed by atoms with Crippen LogP contribution in [0.25, 0.3) is 0 Å². The fourth-order valence-corrected chi connectivity index (χ4v) is 1.81. The summed E-state index contributed by atoms with van der Waals surface area (Å²) in [5, 5.41) is 15.8. The van der Waals surface area contributed by atoms with Crippen LogP contribution in [0.1, 0.15) is 16.8 Å². The van der Waals surface area contributed by atoms with Crippen LogP contribution in [0.4, 0.5) is 0 Å². The summed E-state index contributed by atoms with van der Waals surface area (Å²) in [6.45, 7) is 0.245. The molecule has 0 spiro atoms. The fraction of sp³-hybridized carbons (Fsp3) is 0.333. The highest BCUT2D eigenvalue weighted by atomic mass is 16.5. The van der Waals surface area contributed by atoms with Gasteiger partial charge in [-0.05, 0) is 24.3 Å². The Bertz CT molecular complexity index is 587. The van der Waals surface area contributed by atoms with Crippen molar-refractivity contribution in [2.75, 3.05) is 20.2 Å². The molecule has 0 bridgehead atoms. The molecule has 9 nitrogen and oxygen atoms in total. The number of carboxylic acids is 1. The van der Waals surface area contributed by atoms with E-state index in [0.29, 0.717) is 11.3 Å². The molecule has 0 radical (unpaired) electrons. The molecule has 0 aliphatic heterocycles. The van der Waals surface area contributed by atoms with Gasteiger partial charge >= 0.3 is 5.97 Å². The van der Waals surface area contributed by atoms with Crippen molar-refractivity contribution in [1.82, 2.24) is 16.0 Å². The van der Waals surface area contributed by atoms with Gasteiger partial charge in [0.1, 0.15) is 11.8 Å². The largest absolute Gasteiger partial charge is 0.497 e. The molecule has 0 aliphatic rings. The first-order valence-corrected chi connectivity index (χ1v) is 7.09. The number of carboxylic acid groups (broad SMARTS) is 1. The quantitative estimate of drug-likeness (QED) is 0.324. The highest BCUT2D eigenvalue weighted by molar-refractivity contribution is 5.94. The van der Waals surface area contributed by atoms with E-state index in [1.807, 2.05) is 0 Å². The molecule has 0 fully saturated rings. The number of ether oxygens (including phenoxy) is 1. The minimum absolute atomic E-state index is 0.0946. The van der Waals surface area contributed by atoms with Crippen LogP contribution in [0.15, 0.2) is 24.3 Å². The van der Waals surface area contributed by atoms with Crippen LogP contribution in [-0.2, 0) is 14.4 Å². The molecule has 1 rings (SSSR count). The Labute approximate surface area is 138 Å². The highest BCUT2D eigenvalue weighted by Crippen LogP contribution is 2.10. The maximum Gasteiger partial charge on any atom is 0.305 e. The van der Waals surface area contributed by atoms with Gasteiger partial charge < -0.3 is 25.8 Å². The van der Waals surface area contributed by atoms with Crippen molar-refractivity contribution >= 4 is 24.2 Å². The number of hydrogen-bond donors (Lipinski definition) is 4. The van der Waals surface area contributed by atoms with E-state index in [1.54, 1.807) is 24.3 Å². The number of methoxy groups -OCH3 is 1. The Hall–Kier alpha value is -3.10. The second kappa shape index (κ2) is 9.82. The van der Waals surface area contributed by atoms with Crippen molar-refractivity contribution in [3.8, 4) is 5.75 Å². The molecule has 9 heteroatoms. The molecule has 0 aliphatic carbocycles. The first-order valence-electron chi connectivity index (χ1n) is 7.09. The lowest BCUT2D eigenvalue weighted by Crippen LogP contribution is -2.46. The third-order valence-corrected chi connectivity index (χ3v) is 3.03. The van der Waals surface area contributed by atoms with Crippen molar-refractivity contribution < 1.29 is 29.0 Å². The predicted octanol–water partition coefficient (Wildman–Crippen LogP) is -0.869. The van der Waals surface area contributed by atoms with E-state index in [-0.39, 0.29) is 25.4 Å². The maximum absolute atomic E-state index is 11.9. The lowest BCUT2D eigenvalue weighted by Gasteiger charge is -2.14. The van der Waals surface area contributed by atoms with Gasteiger partial charge in [0.25, 0.3) is 5.91 Å². The summed E-state index contributed by atoms with van der Waals surface area (Å²) in [5.74, 6) is -1.54. The third kappa shape index (κ3) is 6.34. The Kier molecular flexibility index (Phi) is 7.76. The van der Waals surface area contributed by atoms with Crippen LogP contribution in [0, 0.1) is 0 Å². The first kappa shape index (κ1) is 18.9. The molecular weight excluding hydrogens is 318 g/mol. The zero-order valence-corrected chi connectivity index (χ0v) is 13.1. The minimum Gasteiger partial charge on any atom is -0.497 e. The highest BCUT2D eigenvalue weighted by Gasteiger charge is 2.20. The lowest BCUT2D eigenvalue weighted by atomic mass is 10.2. The number of hydrogen-bond acceptors (Lipinski definition) is 5. The molecular formula is C15H19N3O6. The Morgan fingerprint density at radius 3 is 2.33 bits per heavy atom. The fourth-order valence-electron chi connectivity index (χ4n) is 1.81. The summed E-state index contributed by atoms with van der Waals surface area (Å²) in [4.78, 5) is 44.6. The van der Waals surface area contributed by atoms with Gasteiger partial charge in [-0.1, -0.05) is 0 Å². The molecule has 24 heavy (non-hydrogen) atoms. The summed E-state index contributed by atoms with van der Waals surface area (Å²) in [5.41, 5.74) is 0.438. The van der Waals surface area contributed by atoms with Crippen LogP contribution in [0.2, 0.25) is 0 Å². The van der Waals surface area contributed by atoms with Gasteiger partial charge in [0, 0.05) is 18.7 Å². The van der Waals surface area contributed by atoms with Crippen molar-refractivity contribution in [3.05, 3.63) is 29.8 Å². The molecule has 3 amide bonds. The van der Waals surface area contributed by atoms with Crippen molar-refractivity contribution in [3.63, 3.8) is 0 Å². The smallest absolute Gasteiger partial charge is 0.305 e.